The average Bonchev–Trinajstić information content (AvgIpc) is 2.34. The van der Waals surface area contributed by atoms with Crippen molar-refractivity contribution in [2.45, 2.75) is 6.54 Å². The van der Waals surface area contributed by atoms with Crippen molar-refractivity contribution in [3.05, 3.63) is 58.4 Å². The normalized spacial score (nSPS) is 10.5. The molecule has 0 aromatic heterocycles. The van der Waals surface area contributed by atoms with E-state index < -0.39 is 23.2 Å². The van der Waals surface area contributed by atoms with Crippen LogP contribution in [0.3, 0.4) is 0 Å². The fourth-order valence-corrected chi connectivity index (χ4v) is 1.71. The Hall–Kier alpha value is -1.88. The highest BCUT2D eigenvalue weighted by molar-refractivity contribution is 6.30. The molecule has 2 aromatic rings. The van der Waals surface area contributed by atoms with Crippen molar-refractivity contribution in [2.75, 3.05) is 5.32 Å². The van der Waals surface area contributed by atoms with Gasteiger partial charge in [-0.25, -0.2) is 13.2 Å². The van der Waals surface area contributed by atoms with Crippen LogP contribution in [-0.2, 0) is 6.54 Å². The van der Waals surface area contributed by atoms with Crippen LogP contribution >= 0.6 is 11.6 Å². The van der Waals surface area contributed by atoms with Crippen molar-refractivity contribution in [2.24, 2.45) is 0 Å². The number of nitrogens with one attached hydrogen (secondary N) is 1. The summed E-state index contributed by atoms with van der Waals surface area (Å²) in [5.41, 5.74) is 0.403. The van der Waals surface area contributed by atoms with E-state index in [1.165, 1.54) is 12.1 Å². The van der Waals surface area contributed by atoms with Crippen LogP contribution in [0.4, 0.5) is 18.9 Å². The van der Waals surface area contributed by atoms with Crippen LogP contribution < -0.4 is 5.32 Å². The monoisotopic (exact) mass is 287 g/mol. The van der Waals surface area contributed by atoms with E-state index in [1.807, 2.05) is 0 Å². The number of hydrogen-bond donors (Lipinski definition) is 2. The van der Waals surface area contributed by atoms with E-state index in [-0.39, 0.29) is 22.8 Å². The second kappa shape index (κ2) is 5.40. The van der Waals surface area contributed by atoms with Crippen LogP contribution in [0.25, 0.3) is 0 Å². The van der Waals surface area contributed by atoms with Gasteiger partial charge in [-0.3, -0.25) is 0 Å². The molecule has 0 aliphatic rings. The van der Waals surface area contributed by atoms with Gasteiger partial charge in [-0.1, -0.05) is 11.6 Å². The highest BCUT2D eigenvalue weighted by atomic mass is 35.5. The van der Waals surface area contributed by atoms with E-state index in [0.717, 1.165) is 18.2 Å². The highest BCUT2D eigenvalue weighted by Crippen LogP contribution is 2.23. The lowest BCUT2D eigenvalue weighted by atomic mass is 10.2. The van der Waals surface area contributed by atoms with E-state index >= 15 is 0 Å². The zero-order chi connectivity index (χ0) is 14.0. The minimum atomic E-state index is -1.06. The average molecular weight is 288 g/mol. The van der Waals surface area contributed by atoms with Crippen LogP contribution in [0.15, 0.2) is 30.3 Å². The molecule has 0 amide bonds. The zero-order valence-corrected chi connectivity index (χ0v) is 10.3. The quantitative estimate of drug-likeness (QED) is 0.892. The molecule has 2 N–H and O–H groups in total. The number of phenolic OH excluding ortho intramolecular Hbond substituents is 1. The molecule has 6 heteroatoms. The third-order valence-electron chi connectivity index (χ3n) is 2.49. The van der Waals surface area contributed by atoms with Gasteiger partial charge in [-0.2, -0.15) is 0 Å². The number of aromatic hydroxyl groups is 1. The molecule has 0 radical (unpaired) electrons. The van der Waals surface area contributed by atoms with Gasteiger partial charge in [0.2, 0.25) is 0 Å². The van der Waals surface area contributed by atoms with Gasteiger partial charge in [-0.15, -0.1) is 0 Å². The van der Waals surface area contributed by atoms with Crippen molar-refractivity contribution in [3.8, 4) is 5.75 Å². The van der Waals surface area contributed by atoms with Crippen LogP contribution in [0.2, 0.25) is 5.02 Å². The smallest absolute Gasteiger partial charge is 0.187 e. The van der Waals surface area contributed by atoms with E-state index in [1.54, 1.807) is 0 Å². The Kier molecular flexibility index (Phi) is 3.85. The molecule has 0 saturated heterocycles. The van der Waals surface area contributed by atoms with Crippen molar-refractivity contribution >= 4 is 17.3 Å². The largest absolute Gasteiger partial charge is 0.503 e. The van der Waals surface area contributed by atoms with Gasteiger partial charge in [0.15, 0.2) is 17.4 Å². The first-order chi connectivity index (χ1) is 8.97. The SMILES string of the molecule is Oc1c(F)cc(CNc2ccc(Cl)cc2F)cc1F. The maximum absolute atomic E-state index is 13.4. The molecule has 100 valence electrons. The summed E-state index contributed by atoms with van der Waals surface area (Å²) in [6.45, 7) is 0.00662. The van der Waals surface area contributed by atoms with Gasteiger partial charge in [-0.05, 0) is 35.9 Å². The van der Waals surface area contributed by atoms with Crippen LogP contribution in [0.5, 0.6) is 5.75 Å². The molecule has 0 aliphatic heterocycles. The Labute approximate surface area is 112 Å². The molecule has 0 bridgehead atoms. The molecule has 0 atom stereocenters. The fourth-order valence-electron chi connectivity index (χ4n) is 1.55. The van der Waals surface area contributed by atoms with Crippen molar-refractivity contribution in [1.82, 2.24) is 0 Å². The topological polar surface area (TPSA) is 32.3 Å². The Morgan fingerprint density at radius 1 is 1.00 bits per heavy atom. The predicted molar refractivity (Wildman–Crippen MR) is 66.8 cm³/mol. The fraction of sp³-hybridized carbons (Fsp3) is 0.0769. The second-order valence-corrected chi connectivity index (χ2v) is 4.32. The summed E-state index contributed by atoms with van der Waals surface area (Å²) in [7, 11) is 0. The zero-order valence-electron chi connectivity index (χ0n) is 9.55. The van der Waals surface area contributed by atoms with Gasteiger partial charge >= 0.3 is 0 Å². The molecule has 0 spiro atoms. The third-order valence-corrected chi connectivity index (χ3v) is 2.73. The molecule has 2 aromatic carbocycles. The summed E-state index contributed by atoms with van der Waals surface area (Å²) in [5, 5.41) is 11.9. The van der Waals surface area contributed by atoms with Crippen LogP contribution in [0, 0.1) is 17.5 Å². The van der Waals surface area contributed by atoms with Gasteiger partial charge in [0.25, 0.3) is 0 Å². The number of hydrogen-bond acceptors (Lipinski definition) is 2. The Bertz CT molecular complexity index is 596. The molecular formula is C13H9ClF3NO. The highest BCUT2D eigenvalue weighted by Gasteiger charge is 2.10. The summed E-state index contributed by atoms with van der Waals surface area (Å²) >= 11 is 5.60. The van der Waals surface area contributed by atoms with Crippen molar-refractivity contribution in [1.29, 1.82) is 0 Å². The lowest BCUT2D eigenvalue weighted by Gasteiger charge is -2.09. The summed E-state index contributed by atoms with van der Waals surface area (Å²) in [5.74, 6) is -3.71. The second-order valence-electron chi connectivity index (χ2n) is 3.89. The third kappa shape index (κ3) is 3.12. The van der Waals surface area contributed by atoms with E-state index in [0.29, 0.717) is 0 Å². The molecule has 0 saturated carbocycles. The first-order valence-corrected chi connectivity index (χ1v) is 5.71. The van der Waals surface area contributed by atoms with E-state index in [9.17, 15) is 13.2 Å². The lowest BCUT2D eigenvalue weighted by Crippen LogP contribution is -2.02. The van der Waals surface area contributed by atoms with Crippen LogP contribution in [-0.4, -0.2) is 5.11 Å². The van der Waals surface area contributed by atoms with E-state index in [4.69, 9.17) is 16.7 Å². The molecule has 2 rings (SSSR count). The minimum absolute atomic E-state index is 0.00662. The molecule has 2 nitrogen and oxygen atoms in total. The van der Waals surface area contributed by atoms with Gasteiger partial charge < -0.3 is 10.4 Å². The first kappa shape index (κ1) is 13.5. The van der Waals surface area contributed by atoms with Crippen molar-refractivity contribution < 1.29 is 18.3 Å². The summed E-state index contributed by atoms with van der Waals surface area (Å²) in [6, 6.07) is 5.98. The Morgan fingerprint density at radius 3 is 2.21 bits per heavy atom. The lowest BCUT2D eigenvalue weighted by molar-refractivity contribution is 0.395. The minimum Gasteiger partial charge on any atom is -0.503 e. The maximum atomic E-state index is 13.4. The van der Waals surface area contributed by atoms with Gasteiger partial charge in [0.05, 0.1) is 5.69 Å². The summed E-state index contributed by atoms with van der Waals surface area (Å²) < 4.78 is 39.6. The predicted octanol–water partition coefficient (Wildman–Crippen LogP) is 4.08. The number of halogens is 4. The summed E-state index contributed by atoms with van der Waals surface area (Å²) in [4.78, 5) is 0. The number of rotatable bonds is 3. The Balaban J connectivity index is 2.14. The van der Waals surface area contributed by atoms with Gasteiger partial charge in [0, 0.05) is 11.6 Å². The molecule has 0 aliphatic carbocycles. The number of benzene rings is 2. The molecular weight excluding hydrogens is 279 g/mol. The molecule has 0 fully saturated rings. The molecule has 0 heterocycles. The van der Waals surface area contributed by atoms with Crippen molar-refractivity contribution in [3.63, 3.8) is 0 Å². The summed E-state index contributed by atoms with van der Waals surface area (Å²) in [6.07, 6.45) is 0. The number of anilines is 1. The number of phenols is 1. The van der Waals surface area contributed by atoms with Gasteiger partial charge in [0.1, 0.15) is 5.82 Å². The maximum Gasteiger partial charge on any atom is 0.187 e. The van der Waals surface area contributed by atoms with Crippen LogP contribution in [0.1, 0.15) is 5.56 Å². The standard InChI is InChI=1S/C13H9ClF3NO/c14-8-1-2-12(9(15)5-8)18-6-7-3-10(16)13(19)11(17)4-7/h1-5,18-19H,6H2. The molecule has 19 heavy (non-hydrogen) atoms. The first-order valence-electron chi connectivity index (χ1n) is 5.33. The molecule has 0 unspecified atom stereocenters. The Morgan fingerprint density at radius 2 is 1.63 bits per heavy atom. The van der Waals surface area contributed by atoms with E-state index in [2.05, 4.69) is 5.32 Å².